The standard InChI is InChI=1S/C16H24F3NO/c1-4-11-20-15(9-10-16(17,18)19)13-5-7-14(8-6-13)21-12(2)3/h5-8,12,15,20H,4,9-11H2,1-3H3. The highest BCUT2D eigenvalue weighted by atomic mass is 19.4. The third kappa shape index (κ3) is 7.37. The molecular formula is C16H24F3NO. The molecular weight excluding hydrogens is 279 g/mol. The van der Waals surface area contributed by atoms with Crippen molar-refractivity contribution in [2.24, 2.45) is 0 Å². The maximum Gasteiger partial charge on any atom is 0.389 e. The normalized spacial score (nSPS) is 13.5. The van der Waals surface area contributed by atoms with Gasteiger partial charge in [-0.25, -0.2) is 0 Å². The number of halogens is 3. The summed E-state index contributed by atoms with van der Waals surface area (Å²) in [4.78, 5) is 0. The largest absolute Gasteiger partial charge is 0.491 e. The molecule has 120 valence electrons. The Bertz CT molecular complexity index is 401. The van der Waals surface area contributed by atoms with Crippen LogP contribution in [-0.2, 0) is 0 Å². The van der Waals surface area contributed by atoms with Crippen molar-refractivity contribution in [1.29, 1.82) is 0 Å². The summed E-state index contributed by atoms with van der Waals surface area (Å²) in [5, 5.41) is 3.18. The van der Waals surface area contributed by atoms with Crippen molar-refractivity contribution in [2.75, 3.05) is 6.54 Å². The zero-order valence-corrected chi connectivity index (χ0v) is 12.8. The highest BCUT2D eigenvalue weighted by Crippen LogP contribution is 2.28. The summed E-state index contributed by atoms with van der Waals surface area (Å²) >= 11 is 0. The minimum Gasteiger partial charge on any atom is -0.491 e. The van der Waals surface area contributed by atoms with E-state index in [2.05, 4.69) is 5.32 Å². The van der Waals surface area contributed by atoms with Crippen LogP contribution in [0.15, 0.2) is 24.3 Å². The van der Waals surface area contributed by atoms with E-state index >= 15 is 0 Å². The van der Waals surface area contributed by atoms with Crippen LogP contribution in [0.25, 0.3) is 0 Å². The molecule has 0 heterocycles. The Hall–Kier alpha value is -1.23. The fourth-order valence-electron chi connectivity index (χ4n) is 2.06. The van der Waals surface area contributed by atoms with Gasteiger partial charge in [0.25, 0.3) is 0 Å². The molecule has 0 bridgehead atoms. The number of alkyl halides is 3. The molecule has 0 aliphatic rings. The molecule has 0 aliphatic carbocycles. The molecule has 0 aromatic heterocycles. The van der Waals surface area contributed by atoms with Crippen LogP contribution in [0.2, 0.25) is 0 Å². The lowest BCUT2D eigenvalue weighted by Gasteiger charge is -2.20. The van der Waals surface area contributed by atoms with E-state index in [1.165, 1.54) is 0 Å². The van der Waals surface area contributed by atoms with Crippen molar-refractivity contribution in [3.63, 3.8) is 0 Å². The van der Waals surface area contributed by atoms with Crippen molar-refractivity contribution in [3.8, 4) is 5.75 Å². The van der Waals surface area contributed by atoms with Gasteiger partial charge in [0.2, 0.25) is 0 Å². The zero-order valence-electron chi connectivity index (χ0n) is 12.8. The van der Waals surface area contributed by atoms with Gasteiger partial charge in [-0.2, -0.15) is 13.2 Å². The molecule has 0 saturated heterocycles. The lowest BCUT2D eigenvalue weighted by molar-refractivity contribution is -0.136. The van der Waals surface area contributed by atoms with Crippen LogP contribution in [0.4, 0.5) is 13.2 Å². The number of ether oxygens (including phenoxy) is 1. The molecule has 0 amide bonds. The minimum atomic E-state index is -4.12. The van der Waals surface area contributed by atoms with Gasteiger partial charge in [0, 0.05) is 12.5 Å². The summed E-state index contributed by atoms with van der Waals surface area (Å²) in [5.74, 6) is 0.735. The van der Waals surface area contributed by atoms with Crippen LogP contribution < -0.4 is 10.1 Å². The Morgan fingerprint density at radius 1 is 1.14 bits per heavy atom. The summed E-state index contributed by atoms with van der Waals surface area (Å²) in [6, 6.07) is 7.01. The van der Waals surface area contributed by atoms with Crippen LogP contribution in [0.5, 0.6) is 5.75 Å². The molecule has 1 aromatic carbocycles. The first-order valence-electron chi connectivity index (χ1n) is 7.38. The molecule has 1 aromatic rings. The fraction of sp³-hybridized carbons (Fsp3) is 0.625. The van der Waals surface area contributed by atoms with E-state index in [0.717, 1.165) is 17.7 Å². The van der Waals surface area contributed by atoms with E-state index in [9.17, 15) is 13.2 Å². The van der Waals surface area contributed by atoms with E-state index in [1.54, 1.807) is 0 Å². The predicted molar refractivity (Wildman–Crippen MR) is 78.5 cm³/mol. The first-order valence-corrected chi connectivity index (χ1v) is 7.38. The summed E-state index contributed by atoms with van der Waals surface area (Å²) in [7, 11) is 0. The van der Waals surface area contributed by atoms with Gasteiger partial charge in [-0.05, 0) is 50.9 Å². The highest BCUT2D eigenvalue weighted by Gasteiger charge is 2.28. The molecule has 0 fully saturated rings. The average molecular weight is 303 g/mol. The van der Waals surface area contributed by atoms with Gasteiger partial charge in [-0.1, -0.05) is 19.1 Å². The Labute approximate surface area is 124 Å². The number of nitrogens with one attached hydrogen (secondary N) is 1. The molecule has 1 rings (SSSR count). The third-order valence-electron chi connectivity index (χ3n) is 3.01. The summed E-state index contributed by atoms with van der Waals surface area (Å²) in [6.45, 7) is 6.56. The van der Waals surface area contributed by atoms with Gasteiger partial charge >= 0.3 is 6.18 Å². The van der Waals surface area contributed by atoms with Gasteiger partial charge in [0.05, 0.1) is 6.10 Å². The second-order valence-electron chi connectivity index (χ2n) is 5.40. The Kier molecular flexibility index (Phi) is 7.02. The quantitative estimate of drug-likeness (QED) is 0.740. The highest BCUT2D eigenvalue weighted by molar-refractivity contribution is 5.29. The maximum absolute atomic E-state index is 12.4. The van der Waals surface area contributed by atoms with Gasteiger partial charge in [-0.3, -0.25) is 0 Å². The summed E-state index contributed by atoms with van der Waals surface area (Å²) in [5.41, 5.74) is 0.865. The first-order chi connectivity index (χ1) is 9.81. The van der Waals surface area contributed by atoms with Gasteiger partial charge in [0.15, 0.2) is 0 Å². The maximum atomic E-state index is 12.4. The summed E-state index contributed by atoms with van der Waals surface area (Å²) < 4.78 is 42.8. The van der Waals surface area contributed by atoms with Gasteiger partial charge in [-0.15, -0.1) is 0 Å². The van der Waals surface area contributed by atoms with Crippen molar-refractivity contribution in [1.82, 2.24) is 5.32 Å². The smallest absolute Gasteiger partial charge is 0.389 e. The van der Waals surface area contributed by atoms with E-state index in [-0.39, 0.29) is 18.6 Å². The number of rotatable bonds is 8. The molecule has 0 aliphatic heterocycles. The Morgan fingerprint density at radius 3 is 2.24 bits per heavy atom. The molecule has 1 atom stereocenters. The van der Waals surface area contributed by atoms with Gasteiger partial charge < -0.3 is 10.1 Å². The first kappa shape index (κ1) is 17.8. The Balaban J connectivity index is 2.72. The topological polar surface area (TPSA) is 21.3 Å². The molecule has 1 N–H and O–H groups in total. The van der Waals surface area contributed by atoms with Crippen LogP contribution in [0.3, 0.4) is 0 Å². The molecule has 5 heteroatoms. The second-order valence-corrected chi connectivity index (χ2v) is 5.40. The van der Waals surface area contributed by atoms with Crippen LogP contribution in [0, 0.1) is 0 Å². The SMILES string of the molecule is CCCNC(CCC(F)(F)F)c1ccc(OC(C)C)cc1. The minimum absolute atomic E-state index is 0.0495. The monoisotopic (exact) mass is 303 g/mol. The van der Waals surface area contributed by atoms with Crippen molar-refractivity contribution < 1.29 is 17.9 Å². The van der Waals surface area contributed by atoms with Crippen molar-refractivity contribution in [2.45, 2.75) is 58.4 Å². The molecule has 0 radical (unpaired) electrons. The van der Waals surface area contributed by atoms with Gasteiger partial charge in [0.1, 0.15) is 5.75 Å². The van der Waals surface area contributed by atoms with E-state index < -0.39 is 12.6 Å². The number of benzene rings is 1. The lowest BCUT2D eigenvalue weighted by Crippen LogP contribution is -2.24. The number of hydrogen-bond acceptors (Lipinski definition) is 2. The molecule has 1 unspecified atom stereocenters. The van der Waals surface area contributed by atoms with Crippen LogP contribution in [0.1, 0.15) is 51.6 Å². The lowest BCUT2D eigenvalue weighted by atomic mass is 10.0. The zero-order chi connectivity index (χ0) is 15.9. The van der Waals surface area contributed by atoms with Crippen LogP contribution >= 0.6 is 0 Å². The van der Waals surface area contributed by atoms with E-state index in [1.807, 2.05) is 45.0 Å². The van der Waals surface area contributed by atoms with E-state index in [4.69, 9.17) is 4.74 Å². The second kappa shape index (κ2) is 8.27. The van der Waals surface area contributed by atoms with E-state index in [0.29, 0.717) is 6.54 Å². The summed E-state index contributed by atoms with van der Waals surface area (Å²) in [6.07, 6.45) is -3.88. The van der Waals surface area contributed by atoms with Crippen molar-refractivity contribution in [3.05, 3.63) is 29.8 Å². The molecule has 0 saturated carbocycles. The molecule has 0 spiro atoms. The predicted octanol–water partition coefficient (Wildman–Crippen LogP) is 4.86. The molecule has 21 heavy (non-hydrogen) atoms. The van der Waals surface area contributed by atoms with Crippen LogP contribution in [-0.4, -0.2) is 18.8 Å². The third-order valence-corrected chi connectivity index (χ3v) is 3.01. The Morgan fingerprint density at radius 2 is 1.76 bits per heavy atom. The molecule has 2 nitrogen and oxygen atoms in total. The number of hydrogen-bond donors (Lipinski definition) is 1. The average Bonchev–Trinajstić information content (AvgIpc) is 2.38. The van der Waals surface area contributed by atoms with Crippen molar-refractivity contribution >= 4 is 0 Å². The fourth-order valence-corrected chi connectivity index (χ4v) is 2.06.